The summed E-state index contributed by atoms with van der Waals surface area (Å²) in [5, 5.41) is 3.02. The zero-order valence-corrected chi connectivity index (χ0v) is 11.6. The second-order valence-electron chi connectivity index (χ2n) is 5.05. The summed E-state index contributed by atoms with van der Waals surface area (Å²) in [4.78, 5) is 8.53. The lowest BCUT2D eigenvalue weighted by molar-refractivity contribution is 0.305. The lowest BCUT2D eigenvalue weighted by Crippen LogP contribution is -2.11. The summed E-state index contributed by atoms with van der Waals surface area (Å²) in [5.74, 6) is 1.01. The fourth-order valence-corrected chi connectivity index (χ4v) is 2.32. The molecule has 0 aliphatic carbocycles. The maximum Gasteiger partial charge on any atom is 0.166 e. The zero-order valence-electron chi connectivity index (χ0n) is 10.8. The highest BCUT2D eigenvalue weighted by Gasteiger charge is 2.17. The standard InChI is InChI=1S/C13H17N3OS/c1-13(2,3)10-8-18-11(16-10)7-17-9-5-4-6-15-12(9)14/h4-6,8H,7H2,1-3H3,(H2,14,15). The van der Waals surface area contributed by atoms with Crippen LogP contribution in [0, 0.1) is 0 Å². The molecule has 0 aliphatic rings. The van der Waals surface area contributed by atoms with Gasteiger partial charge in [-0.05, 0) is 12.1 Å². The Morgan fingerprint density at radius 1 is 1.39 bits per heavy atom. The molecule has 5 heteroatoms. The zero-order chi connectivity index (χ0) is 13.2. The largest absolute Gasteiger partial charge is 0.483 e. The van der Waals surface area contributed by atoms with Crippen LogP contribution in [-0.2, 0) is 12.0 Å². The van der Waals surface area contributed by atoms with Crippen LogP contribution >= 0.6 is 11.3 Å². The van der Waals surface area contributed by atoms with Gasteiger partial charge < -0.3 is 10.5 Å². The average Bonchev–Trinajstić information content (AvgIpc) is 2.76. The van der Waals surface area contributed by atoms with Crippen LogP contribution in [0.25, 0.3) is 0 Å². The first-order valence-electron chi connectivity index (χ1n) is 5.75. The number of anilines is 1. The van der Waals surface area contributed by atoms with Gasteiger partial charge in [-0.15, -0.1) is 11.3 Å². The molecule has 0 unspecified atom stereocenters. The molecular formula is C13H17N3OS. The first kappa shape index (κ1) is 12.8. The number of ether oxygens (including phenoxy) is 1. The predicted octanol–water partition coefficient (Wildman–Crippen LogP) is 3.00. The molecular weight excluding hydrogens is 246 g/mol. The summed E-state index contributed by atoms with van der Waals surface area (Å²) in [6.45, 7) is 6.86. The minimum Gasteiger partial charge on any atom is -0.483 e. The highest BCUT2D eigenvalue weighted by atomic mass is 32.1. The number of thiazole rings is 1. The molecule has 0 aliphatic heterocycles. The second-order valence-corrected chi connectivity index (χ2v) is 5.99. The summed E-state index contributed by atoms with van der Waals surface area (Å²) < 4.78 is 5.61. The molecule has 0 atom stereocenters. The first-order chi connectivity index (χ1) is 8.47. The number of nitrogens with two attached hydrogens (primary N) is 1. The van der Waals surface area contributed by atoms with Crippen LogP contribution in [0.5, 0.6) is 5.75 Å². The molecule has 2 aromatic heterocycles. The minimum absolute atomic E-state index is 0.0715. The van der Waals surface area contributed by atoms with E-state index in [0.29, 0.717) is 18.2 Å². The van der Waals surface area contributed by atoms with Crippen molar-refractivity contribution in [1.82, 2.24) is 9.97 Å². The lowest BCUT2D eigenvalue weighted by atomic mass is 9.93. The van der Waals surface area contributed by atoms with Gasteiger partial charge in [-0.2, -0.15) is 0 Å². The molecule has 0 bridgehead atoms. The molecule has 0 fully saturated rings. The number of nitrogen functional groups attached to an aromatic ring is 1. The third-order valence-electron chi connectivity index (χ3n) is 2.47. The molecule has 0 saturated carbocycles. The van der Waals surface area contributed by atoms with Crippen LogP contribution in [-0.4, -0.2) is 9.97 Å². The molecule has 96 valence electrons. The Kier molecular flexibility index (Phi) is 3.52. The van der Waals surface area contributed by atoms with E-state index in [4.69, 9.17) is 10.5 Å². The molecule has 0 saturated heterocycles. The number of aromatic nitrogens is 2. The Labute approximate surface area is 111 Å². The van der Waals surface area contributed by atoms with Gasteiger partial charge in [-0.1, -0.05) is 20.8 Å². The van der Waals surface area contributed by atoms with Crippen LogP contribution in [0.2, 0.25) is 0 Å². The van der Waals surface area contributed by atoms with Crippen molar-refractivity contribution in [2.75, 3.05) is 5.73 Å². The van der Waals surface area contributed by atoms with Crippen molar-refractivity contribution < 1.29 is 4.74 Å². The van der Waals surface area contributed by atoms with Gasteiger partial charge in [0.1, 0.15) is 11.6 Å². The number of rotatable bonds is 3. The second kappa shape index (κ2) is 4.94. The topological polar surface area (TPSA) is 61.0 Å². The molecule has 0 aromatic carbocycles. The molecule has 2 aromatic rings. The minimum atomic E-state index is 0.0715. The van der Waals surface area contributed by atoms with Crippen molar-refractivity contribution in [3.8, 4) is 5.75 Å². The number of hydrogen-bond donors (Lipinski definition) is 1. The highest BCUT2D eigenvalue weighted by Crippen LogP contribution is 2.25. The Morgan fingerprint density at radius 2 is 2.17 bits per heavy atom. The van der Waals surface area contributed by atoms with Gasteiger partial charge in [0.25, 0.3) is 0 Å². The van der Waals surface area contributed by atoms with Crippen molar-refractivity contribution in [3.63, 3.8) is 0 Å². The van der Waals surface area contributed by atoms with Gasteiger partial charge in [0.05, 0.1) is 5.69 Å². The van der Waals surface area contributed by atoms with Crippen LogP contribution < -0.4 is 10.5 Å². The van der Waals surface area contributed by atoms with Gasteiger partial charge in [0.2, 0.25) is 0 Å². The average molecular weight is 263 g/mol. The van der Waals surface area contributed by atoms with Crippen molar-refractivity contribution in [3.05, 3.63) is 34.4 Å². The van der Waals surface area contributed by atoms with Crippen LogP contribution in [0.4, 0.5) is 5.82 Å². The molecule has 0 radical (unpaired) electrons. The summed E-state index contributed by atoms with van der Waals surface area (Å²) >= 11 is 1.60. The van der Waals surface area contributed by atoms with E-state index >= 15 is 0 Å². The molecule has 2 heterocycles. The summed E-state index contributed by atoms with van der Waals surface area (Å²) in [7, 11) is 0. The third kappa shape index (κ3) is 2.98. The van der Waals surface area contributed by atoms with Crippen molar-refractivity contribution in [1.29, 1.82) is 0 Å². The van der Waals surface area contributed by atoms with E-state index < -0.39 is 0 Å². The van der Waals surface area contributed by atoms with Gasteiger partial charge in [-0.25, -0.2) is 9.97 Å². The van der Waals surface area contributed by atoms with Gasteiger partial charge >= 0.3 is 0 Å². The monoisotopic (exact) mass is 263 g/mol. The number of nitrogens with zero attached hydrogens (tertiary/aromatic N) is 2. The van der Waals surface area contributed by atoms with E-state index in [0.717, 1.165) is 10.7 Å². The van der Waals surface area contributed by atoms with Gasteiger partial charge in [-0.3, -0.25) is 0 Å². The fourth-order valence-electron chi connectivity index (χ4n) is 1.39. The van der Waals surface area contributed by atoms with Crippen molar-refractivity contribution in [2.24, 2.45) is 0 Å². The number of hydrogen-bond acceptors (Lipinski definition) is 5. The Morgan fingerprint density at radius 3 is 2.78 bits per heavy atom. The summed E-state index contributed by atoms with van der Waals surface area (Å²) in [6.07, 6.45) is 1.64. The SMILES string of the molecule is CC(C)(C)c1csc(COc2cccnc2N)n1. The van der Waals surface area contributed by atoms with Crippen molar-refractivity contribution in [2.45, 2.75) is 32.8 Å². The maximum atomic E-state index is 5.71. The van der Waals surface area contributed by atoms with Crippen LogP contribution in [0.3, 0.4) is 0 Å². The highest BCUT2D eigenvalue weighted by molar-refractivity contribution is 7.09. The Hall–Kier alpha value is -1.62. The number of pyridine rings is 1. The van der Waals surface area contributed by atoms with E-state index in [1.54, 1.807) is 29.7 Å². The Balaban J connectivity index is 2.03. The maximum absolute atomic E-state index is 5.71. The fraction of sp³-hybridized carbons (Fsp3) is 0.385. The van der Waals surface area contributed by atoms with E-state index in [-0.39, 0.29) is 5.41 Å². The van der Waals surface area contributed by atoms with Crippen molar-refractivity contribution >= 4 is 17.2 Å². The lowest BCUT2D eigenvalue weighted by Gasteiger charge is -2.14. The van der Waals surface area contributed by atoms with Crippen LogP contribution in [0.1, 0.15) is 31.5 Å². The van der Waals surface area contributed by atoms with E-state index in [1.165, 1.54) is 0 Å². The summed E-state index contributed by atoms with van der Waals surface area (Å²) in [5.41, 5.74) is 6.87. The first-order valence-corrected chi connectivity index (χ1v) is 6.63. The molecule has 2 rings (SSSR count). The van der Waals surface area contributed by atoms with Gasteiger partial charge in [0, 0.05) is 17.0 Å². The molecule has 2 N–H and O–H groups in total. The quantitative estimate of drug-likeness (QED) is 0.924. The smallest absolute Gasteiger partial charge is 0.166 e. The van der Waals surface area contributed by atoms with E-state index in [2.05, 4.69) is 36.1 Å². The molecule has 0 spiro atoms. The molecule has 0 amide bonds. The predicted molar refractivity (Wildman–Crippen MR) is 73.8 cm³/mol. The van der Waals surface area contributed by atoms with E-state index in [1.807, 2.05) is 0 Å². The Bertz CT molecular complexity index is 531. The summed E-state index contributed by atoms with van der Waals surface area (Å²) in [6, 6.07) is 3.61. The van der Waals surface area contributed by atoms with E-state index in [9.17, 15) is 0 Å². The normalized spacial score (nSPS) is 11.5. The van der Waals surface area contributed by atoms with Gasteiger partial charge in [0.15, 0.2) is 11.6 Å². The molecule has 18 heavy (non-hydrogen) atoms. The van der Waals surface area contributed by atoms with Crippen LogP contribution in [0.15, 0.2) is 23.7 Å². The third-order valence-corrected chi connectivity index (χ3v) is 3.29. The molecule has 4 nitrogen and oxygen atoms in total.